The Labute approximate surface area is 138 Å². The van der Waals surface area contributed by atoms with Gasteiger partial charge in [-0.25, -0.2) is 4.79 Å². The molecule has 128 valence electrons. The lowest BCUT2D eigenvalue weighted by Crippen LogP contribution is -2.51. The van der Waals surface area contributed by atoms with Gasteiger partial charge >= 0.3 is 6.03 Å². The molecule has 1 aromatic rings. The summed E-state index contributed by atoms with van der Waals surface area (Å²) in [6.07, 6.45) is 5.32. The molecule has 1 aromatic heterocycles. The first-order valence-corrected chi connectivity index (χ1v) is 8.23. The van der Waals surface area contributed by atoms with Crippen LogP contribution in [0.25, 0.3) is 0 Å². The number of hydrogen-bond donors (Lipinski definition) is 2. The van der Waals surface area contributed by atoms with Crippen molar-refractivity contribution in [3.63, 3.8) is 0 Å². The van der Waals surface area contributed by atoms with Crippen molar-refractivity contribution < 1.29 is 9.59 Å². The maximum atomic E-state index is 12.2. The Morgan fingerprint density at radius 1 is 1.30 bits per heavy atom. The summed E-state index contributed by atoms with van der Waals surface area (Å²) in [5, 5.41) is 5.17. The number of aryl methyl sites for hydroxylation is 1. The molecule has 2 heterocycles. The highest BCUT2D eigenvalue weighted by Gasteiger charge is 2.27. The van der Waals surface area contributed by atoms with Crippen molar-refractivity contribution >= 4 is 11.9 Å². The Morgan fingerprint density at radius 2 is 2.04 bits per heavy atom. The number of piperidine rings is 1. The van der Waals surface area contributed by atoms with Gasteiger partial charge in [0.05, 0.1) is 12.6 Å². The molecule has 1 unspecified atom stereocenters. The van der Waals surface area contributed by atoms with Crippen LogP contribution >= 0.6 is 0 Å². The molecule has 1 saturated heterocycles. The number of rotatable bonds is 3. The number of imide groups is 1. The van der Waals surface area contributed by atoms with Crippen LogP contribution in [0.3, 0.4) is 0 Å². The smallest absolute Gasteiger partial charge is 0.321 e. The van der Waals surface area contributed by atoms with Gasteiger partial charge in [-0.3, -0.25) is 15.0 Å². The van der Waals surface area contributed by atoms with Gasteiger partial charge in [-0.1, -0.05) is 6.42 Å². The lowest BCUT2D eigenvalue weighted by molar-refractivity contribution is -0.122. The standard InChI is InChI=1S/C17H28N4O2/c1-17(2,3)19-16(23)18-15(22)12-21-11-6-5-8-14(21)13-9-7-10-20(13)4/h7,9-10,14H,5-6,8,11-12H2,1-4H3,(H2,18,19,22,23). The summed E-state index contributed by atoms with van der Waals surface area (Å²) in [7, 11) is 2.03. The SMILES string of the molecule is Cn1cccc1C1CCCCN1CC(=O)NC(=O)NC(C)(C)C. The molecule has 1 atom stereocenters. The molecule has 6 nitrogen and oxygen atoms in total. The van der Waals surface area contributed by atoms with E-state index in [0.717, 1.165) is 19.4 Å². The molecular weight excluding hydrogens is 292 g/mol. The van der Waals surface area contributed by atoms with Crippen molar-refractivity contribution in [2.24, 2.45) is 7.05 Å². The average Bonchev–Trinajstić information content (AvgIpc) is 2.83. The first-order chi connectivity index (χ1) is 10.8. The minimum absolute atomic E-state index is 0.236. The number of likely N-dealkylation sites (tertiary alicyclic amines) is 1. The molecule has 2 rings (SSSR count). The first kappa shape index (κ1) is 17.5. The normalized spacial score (nSPS) is 19.4. The Bertz CT molecular complexity index is 559. The van der Waals surface area contributed by atoms with E-state index in [1.807, 2.05) is 40.1 Å². The summed E-state index contributed by atoms with van der Waals surface area (Å²) in [5.74, 6) is -0.257. The van der Waals surface area contributed by atoms with Gasteiger partial charge in [-0.15, -0.1) is 0 Å². The second kappa shape index (κ2) is 7.17. The van der Waals surface area contributed by atoms with E-state index < -0.39 is 6.03 Å². The second-order valence-corrected chi connectivity index (χ2v) is 7.28. The van der Waals surface area contributed by atoms with Crippen LogP contribution in [0.4, 0.5) is 4.79 Å². The Balaban J connectivity index is 1.95. The maximum Gasteiger partial charge on any atom is 0.321 e. The van der Waals surface area contributed by atoms with Gasteiger partial charge in [-0.2, -0.15) is 0 Å². The molecule has 0 radical (unpaired) electrons. The third-order valence-electron chi connectivity index (χ3n) is 4.03. The van der Waals surface area contributed by atoms with E-state index in [-0.39, 0.29) is 24.0 Å². The van der Waals surface area contributed by atoms with Crippen molar-refractivity contribution in [3.05, 3.63) is 24.0 Å². The first-order valence-electron chi connectivity index (χ1n) is 8.23. The lowest BCUT2D eigenvalue weighted by atomic mass is 9.99. The monoisotopic (exact) mass is 320 g/mol. The molecule has 1 aliphatic rings. The molecule has 3 amide bonds. The summed E-state index contributed by atoms with van der Waals surface area (Å²) in [6.45, 7) is 6.77. The minimum Gasteiger partial charge on any atom is -0.353 e. The molecule has 0 aliphatic carbocycles. The van der Waals surface area contributed by atoms with Crippen molar-refractivity contribution in [1.29, 1.82) is 0 Å². The van der Waals surface area contributed by atoms with Crippen LogP contribution in [0.2, 0.25) is 0 Å². The molecule has 1 aliphatic heterocycles. The van der Waals surface area contributed by atoms with E-state index in [1.54, 1.807) is 0 Å². The lowest BCUT2D eigenvalue weighted by Gasteiger charge is -2.35. The van der Waals surface area contributed by atoms with Crippen LogP contribution in [0, 0.1) is 0 Å². The van der Waals surface area contributed by atoms with Gasteiger partial charge in [0.1, 0.15) is 0 Å². The second-order valence-electron chi connectivity index (χ2n) is 7.28. The predicted molar refractivity (Wildman–Crippen MR) is 90.0 cm³/mol. The molecule has 6 heteroatoms. The number of amides is 3. The van der Waals surface area contributed by atoms with E-state index in [9.17, 15) is 9.59 Å². The highest BCUT2D eigenvalue weighted by atomic mass is 16.2. The van der Waals surface area contributed by atoms with Gasteiger partial charge in [0.15, 0.2) is 0 Å². The van der Waals surface area contributed by atoms with Crippen molar-refractivity contribution in [3.8, 4) is 0 Å². The molecule has 2 N–H and O–H groups in total. The highest BCUT2D eigenvalue weighted by molar-refractivity contribution is 5.95. The van der Waals surface area contributed by atoms with Crippen LogP contribution in [0.5, 0.6) is 0 Å². The van der Waals surface area contributed by atoms with Crippen LogP contribution in [0.15, 0.2) is 18.3 Å². The third-order valence-corrected chi connectivity index (χ3v) is 4.03. The zero-order chi connectivity index (χ0) is 17.0. The van der Waals surface area contributed by atoms with E-state index in [1.165, 1.54) is 12.1 Å². The fraction of sp³-hybridized carbons (Fsp3) is 0.647. The number of aromatic nitrogens is 1. The van der Waals surface area contributed by atoms with E-state index >= 15 is 0 Å². The van der Waals surface area contributed by atoms with Gasteiger partial charge < -0.3 is 9.88 Å². The number of hydrogen-bond acceptors (Lipinski definition) is 3. The summed E-state index contributed by atoms with van der Waals surface area (Å²) in [5.41, 5.74) is 0.859. The number of urea groups is 1. The van der Waals surface area contributed by atoms with Crippen molar-refractivity contribution in [1.82, 2.24) is 20.1 Å². The molecule has 0 spiro atoms. The predicted octanol–water partition coefficient (Wildman–Crippen LogP) is 2.18. The molecule has 0 saturated carbocycles. The number of nitrogens with one attached hydrogen (secondary N) is 2. The zero-order valence-corrected chi connectivity index (χ0v) is 14.6. The summed E-state index contributed by atoms with van der Waals surface area (Å²) in [4.78, 5) is 26.2. The molecular formula is C17H28N4O2. The van der Waals surface area contributed by atoms with Crippen LogP contribution in [-0.4, -0.2) is 40.0 Å². The fourth-order valence-corrected chi connectivity index (χ4v) is 3.06. The average molecular weight is 320 g/mol. The molecule has 0 bridgehead atoms. The fourth-order valence-electron chi connectivity index (χ4n) is 3.06. The minimum atomic E-state index is -0.435. The van der Waals surface area contributed by atoms with Crippen LogP contribution < -0.4 is 10.6 Å². The highest BCUT2D eigenvalue weighted by Crippen LogP contribution is 2.30. The Morgan fingerprint density at radius 3 is 2.65 bits per heavy atom. The van der Waals surface area contributed by atoms with Gasteiger partial charge in [-0.05, 0) is 52.3 Å². The van der Waals surface area contributed by atoms with Crippen LogP contribution in [-0.2, 0) is 11.8 Å². The zero-order valence-electron chi connectivity index (χ0n) is 14.6. The van der Waals surface area contributed by atoms with E-state index in [2.05, 4.69) is 26.2 Å². The summed E-state index contributed by atoms with van der Waals surface area (Å²) < 4.78 is 2.10. The Hall–Kier alpha value is -1.82. The quantitative estimate of drug-likeness (QED) is 0.897. The number of carbonyl (C=O) groups is 2. The third kappa shape index (κ3) is 5.10. The molecule has 0 aromatic carbocycles. The largest absolute Gasteiger partial charge is 0.353 e. The van der Waals surface area contributed by atoms with Gasteiger partial charge in [0.25, 0.3) is 0 Å². The number of carbonyl (C=O) groups excluding carboxylic acids is 2. The number of nitrogens with zero attached hydrogens (tertiary/aromatic N) is 2. The molecule has 23 heavy (non-hydrogen) atoms. The summed E-state index contributed by atoms with van der Waals surface area (Å²) in [6, 6.07) is 3.93. The topological polar surface area (TPSA) is 66.4 Å². The van der Waals surface area contributed by atoms with E-state index in [0.29, 0.717) is 0 Å². The van der Waals surface area contributed by atoms with Gasteiger partial charge in [0.2, 0.25) is 5.91 Å². The van der Waals surface area contributed by atoms with Crippen molar-refractivity contribution in [2.75, 3.05) is 13.1 Å². The maximum absolute atomic E-state index is 12.2. The Kier molecular flexibility index (Phi) is 5.46. The summed E-state index contributed by atoms with van der Waals surface area (Å²) >= 11 is 0. The van der Waals surface area contributed by atoms with E-state index in [4.69, 9.17) is 0 Å². The van der Waals surface area contributed by atoms with Crippen molar-refractivity contribution in [2.45, 2.75) is 51.6 Å². The van der Waals surface area contributed by atoms with Crippen LogP contribution in [0.1, 0.15) is 51.8 Å². The molecule has 1 fully saturated rings. The van der Waals surface area contributed by atoms with Gasteiger partial charge in [0, 0.05) is 24.5 Å².